The molecule has 0 N–H and O–H groups in total. The van der Waals surface area contributed by atoms with Crippen LogP contribution in [0.25, 0.3) is 17.1 Å². The number of hydrogen-bond donors (Lipinski definition) is 0. The number of halogens is 2. The van der Waals surface area contributed by atoms with Crippen molar-refractivity contribution < 1.29 is 18.3 Å². The fraction of sp³-hybridized carbons (Fsp3) is 0.190. The Morgan fingerprint density at radius 2 is 1.69 bits per heavy atom. The van der Waals surface area contributed by atoms with Crippen molar-refractivity contribution >= 4 is 34.7 Å². The van der Waals surface area contributed by atoms with Gasteiger partial charge in [0.05, 0.1) is 11.0 Å². The fourth-order valence-electron chi connectivity index (χ4n) is 3.17. The smallest absolute Gasteiger partial charge is 0.387 e. The number of ether oxygens (including phenoxy) is 1. The third kappa shape index (κ3) is 3.87. The van der Waals surface area contributed by atoms with Gasteiger partial charge in [-0.05, 0) is 24.3 Å². The Balaban J connectivity index is 1.65. The summed E-state index contributed by atoms with van der Waals surface area (Å²) in [5.41, 5.74) is 1.83. The van der Waals surface area contributed by atoms with Crippen LogP contribution in [0.1, 0.15) is 5.56 Å². The van der Waals surface area contributed by atoms with Crippen molar-refractivity contribution in [3.8, 4) is 5.75 Å². The maximum atomic E-state index is 12.9. The molecule has 8 heteroatoms. The van der Waals surface area contributed by atoms with Gasteiger partial charge in [-0.3, -0.25) is 9.69 Å². The summed E-state index contributed by atoms with van der Waals surface area (Å²) >= 11 is 0. The standard InChI is InChI=1S/C21H18F2N4O2/c1-26-12-13-27(20-19(26)24-15-7-3-4-8-16(15)25-20)18(28)11-10-14-6-2-5-9-17(14)29-21(22)23/h2-11,21H,12-13H2,1H3/b11-10+. The van der Waals surface area contributed by atoms with Crippen LogP contribution in [-0.2, 0) is 4.79 Å². The van der Waals surface area contributed by atoms with Gasteiger partial charge in [-0.2, -0.15) is 8.78 Å². The summed E-state index contributed by atoms with van der Waals surface area (Å²) in [5, 5.41) is 0. The lowest BCUT2D eigenvalue weighted by Gasteiger charge is -2.33. The molecular weight excluding hydrogens is 378 g/mol. The summed E-state index contributed by atoms with van der Waals surface area (Å²) < 4.78 is 29.7. The highest BCUT2D eigenvalue weighted by Crippen LogP contribution is 2.31. The minimum absolute atomic E-state index is 0.0103. The predicted molar refractivity (Wildman–Crippen MR) is 107 cm³/mol. The molecule has 0 spiro atoms. The number of benzene rings is 2. The number of rotatable bonds is 4. The van der Waals surface area contributed by atoms with E-state index >= 15 is 0 Å². The number of alkyl halides is 2. The van der Waals surface area contributed by atoms with Gasteiger partial charge in [0.15, 0.2) is 11.6 Å². The Hall–Kier alpha value is -3.55. The van der Waals surface area contributed by atoms with Crippen molar-refractivity contribution in [3.05, 3.63) is 60.2 Å². The summed E-state index contributed by atoms with van der Waals surface area (Å²) in [6.45, 7) is -1.90. The molecule has 0 saturated heterocycles. The number of fused-ring (bicyclic) bond motifs is 2. The highest BCUT2D eigenvalue weighted by molar-refractivity contribution is 6.06. The highest BCUT2D eigenvalue weighted by Gasteiger charge is 2.27. The maximum absolute atomic E-state index is 12.9. The van der Waals surface area contributed by atoms with Crippen LogP contribution < -0.4 is 14.5 Å². The molecule has 0 fully saturated rings. The third-order valence-corrected chi connectivity index (χ3v) is 4.62. The molecule has 0 unspecified atom stereocenters. The van der Waals surface area contributed by atoms with Crippen LogP contribution in [0.3, 0.4) is 0 Å². The Morgan fingerprint density at radius 3 is 2.41 bits per heavy atom. The molecule has 1 aliphatic rings. The molecule has 1 aliphatic heterocycles. The first-order valence-corrected chi connectivity index (χ1v) is 9.04. The molecule has 0 saturated carbocycles. The topological polar surface area (TPSA) is 58.6 Å². The summed E-state index contributed by atoms with van der Waals surface area (Å²) in [7, 11) is 1.90. The van der Waals surface area contributed by atoms with Gasteiger partial charge in [-0.1, -0.05) is 30.3 Å². The monoisotopic (exact) mass is 396 g/mol. The van der Waals surface area contributed by atoms with Gasteiger partial charge in [0.25, 0.3) is 5.91 Å². The molecule has 4 rings (SSSR count). The van der Waals surface area contributed by atoms with E-state index in [9.17, 15) is 13.6 Å². The summed E-state index contributed by atoms with van der Waals surface area (Å²) in [6, 6.07) is 13.8. The first kappa shape index (κ1) is 18.8. The van der Waals surface area contributed by atoms with E-state index in [4.69, 9.17) is 0 Å². The number of para-hydroxylation sites is 3. The Kier molecular flexibility index (Phi) is 5.07. The van der Waals surface area contributed by atoms with Gasteiger partial charge in [0.1, 0.15) is 5.75 Å². The van der Waals surface area contributed by atoms with Crippen LogP contribution >= 0.6 is 0 Å². The lowest BCUT2D eigenvalue weighted by atomic mass is 10.2. The SMILES string of the molecule is CN1CCN(C(=O)/C=C/c2ccccc2OC(F)F)c2nc3ccccc3nc21. The molecule has 29 heavy (non-hydrogen) atoms. The van der Waals surface area contributed by atoms with Crippen LogP contribution in [0.15, 0.2) is 54.6 Å². The molecule has 6 nitrogen and oxygen atoms in total. The molecule has 148 valence electrons. The van der Waals surface area contributed by atoms with Crippen LogP contribution in [0.2, 0.25) is 0 Å². The Labute approximate surface area is 166 Å². The largest absolute Gasteiger partial charge is 0.434 e. The van der Waals surface area contributed by atoms with E-state index in [1.807, 2.05) is 36.2 Å². The minimum atomic E-state index is -2.94. The second kappa shape index (κ2) is 7.83. The van der Waals surface area contributed by atoms with Crippen LogP contribution in [0.5, 0.6) is 5.75 Å². The molecule has 0 radical (unpaired) electrons. The van der Waals surface area contributed by atoms with Crippen molar-refractivity contribution in [2.75, 3.05) is 29.9 Å². The Morgan fingerprint density at radius 1 is 1.03 bits per heavy atom. The molecule has 0 bridgehead atoms. The molecule has 0 aliphatic carbocycles. The summed E-state index contributed by atoms with van der Waals surface area (Å²) in [5.74, 6) is 0.800. The van der Waals surface area contributed by atoms with Gasteiger partial charge in [0, 0.05) is 31.8 Å². The van der Waals surface area contributed by atoms with E-state index in [1.165, 1.54) is 18.2 Å². The van der Waals surface area contributed by atoms with Gasteiger partial charge < -0.3 is 9.64 Å². The second-order valence-corrected chi connectivity index (χ2v) is 6.52. The zero-order chi connectivity index (χ0) is 20.4. The minimum Gasteiger partial charge on any atom is -0.434 e. The van der Waals surface area contributed by atoms with Crippen LogP contribution in [0.4, 0.5) is 20.4 Å². The first-order chi connectivity index (χ1) is 14.0. The van der Waals surface area contributed by atoms with Crippen molar-refractivity contribution in [1.29, 1.82) is 0 Å². The van der Waals surface area contributed by atoms with Crippen LogP contribution in [-0.4, -0.2) is 42.6 Å². The fourth-order valence-corrected chi connectivity index (χ4v) is 3.17. The van der Waals surface area contributed by atoms with E-state index in [1.54, 1.807) is 23.1 Å². The highest BCUT2D eigenvalue weighted by atomic mass is 19.3. The van der Waals surface area contributed by atoms with Gasteiger partial charge in [-0.15, -0.1) is 0 Å². The number of aromatic nitrogens is 2. The lowest BCUT2D eigenvalue weighted by molar-refractivity contribution is -0.114. The zero-order valence-corrected chi connectivity index (χ0v) is 15.6. The van der Waals surface area contributed by atoms with Crippen LogP contribution in [0, 0.1) is 0 Å². The van der Waals surface area contributed by atoms with E-state index in [-0.39, 0.29) is 11.7 Å². The molecule has 2 heterocycles. The van der Waals surface area contributed by atoms with E-state index < -0.39 is 6.61 Å². The lowest BCUT2D eigenvalue weighted by Crippen LogP contribution is -2.43. The number of carbonyl (C=O) groups excluding carboxylic acids is 1. The molecule has 1 amide bonds. The van der Waals surface area contributed by atoms with Crippen molar-refractivity contribution in [1.82, 2.24) is 9.97 Å². The number of nitrogens with zero attached hydrogens (tertiary/aromatic N) is 4. The molecule has 2 aromatic carbocycles. The van der Waals surface area contributed by atoms with Gasteiger partial charge >= 0.3 is 6.61 Å². The second-order valence-electron chi connectivity index (χ2n) is 6.52. The molecule has 1 aromatic heterocycles. The summed E-state index contributed by atoms with van der Waals surface area (Å²) in [4.78, 5) is 25.6. The zero-order valence-electron chi connectivity index (χ0n) is 15.6. The average Bonchev–Trinajstić information content (AvgIpc) is 2.72. The first-order valence-electron chi connectivity index (χ1n) is 9.04. The average molecular weight is 396 g/mol. The molecule has 0 atom stereocenters. The number of amides is 1. The predicted octanol–water partition coefficient (Wildman–Crippen LogP) is 3.73. The number of carbonyl (C=O) groups is 1. The van der Waals surface area contributed by atoms with Gasteiger partial charge in [0.2, 0.25) is 0 Å². The normalized spacial score (nSPS) is 13.9. The van der Waals surface area contributed by atoms with E-state index in [2.05, 4.69) is 14.7 Å². The molecule has 3 aromatic rings. The summed E-state index contributed by atoms with van der Waals surface area (Å²) in [6.07, 6.45) is 2.80. The number of anilines is 2. The van der Waals surface area contributed by atoms with Crippen molar-refractivity contribution in [2.24, 2.45) is 0 Å². The number of likely N-dealkylation sites (N-methyl/N-ethyl adjacent to an activating group) is 1. The van der Waals surface area contributed by atoms with Crippen molar-refractivity contribution in [2.45, 2.75) is 6.61 Å². The van der Waals surface area contributed by atoms with E-state index in [0.29, 0.717) is 35.8 Å². The maximum Gasteiger partial charge on any atom is 0.387 e. The third-order valence-electron chi connectivity index (χ3n) is 4.62. The van der Waals surface area contributed by atoms with E-state index in [0.717, 1.165) is 5.52 Å². The molecular formula is C21H18F2N4O2. The number of hydrogen-bond acceptors (Lipinski definition) is 5. The van der Waals surface area contributed by atoms with Gasteiger partial charge in [-0.25, -0.2) is 9.97 Å². The van der Waals surface area contributed by atoms with Crippen molar-refractivity contribution in [3.63, 3.8) is 0 Å². The quantitative estimate of drug-likeness (QED) is 0.629. The Bertz CT molecular complexity index is 1090.